The number of thioether (sulfide) groups is 1. The molecule has 3 N–H and O–H groups in total. The van der Waals surface area contributed by atoms with Gasteiger partial charge < -0.3 is 20.4 Å². The third kappa shape index (κ3) is 6.43. The zero-order chi connectivity index (χ0) is 25.3. The lowest BCUT2D eigenvalue weighted by Crippen LogP contribution is -2.30. The van der Waals surface area contributed by atoms with E-state index >= 15 is 0 Å². The van der Waals surface area contributed by atoms with Crippen LogP contribution in [0, 0.1) is 0 Å². The van der Waals surface area contributed by atoms with Gasteiger partial charge in [-0.2, -0.15) is 0 Å². The Bertz CT molecular complexity index is 1410. The van der Waals surface area contributed by atoms with Crippen molar-refractivity contribution in [1.82, 2.24) is 10.3 Å². The smallest absolute Gasteiger partial charge is 0.316 e. The van der Waals surface area contributed by atoms with Crippen molar-refractivity contribution in [3.63, 3.8) is 0 Å². The molecule has 0 aliphatic heterocycles. The minimum atomic E-state index is -0.475. The molecule has 182 valence electrons. The molecule has 0 radical (unpaired) electrons. The Labute approximate surface area is 212 Å². The first-order chi connectivity index (χ1) is 17.5. The summed E-state index contributed by atoms with van der Waals surface area (Å²) in [5.41, 5.74) is 2.75. The van der Waals surface area contributed by atoms with Crippen LogP contribution in [0.3, 0.4) is 0 Å². The van der Waals surface area contributed by atoms with E-state index in [0.29, 0.717) is 17.9 Å². The van der Waals surface area contributed by atoms with Crippen LogP contribution in [0.15, 0.2) is 95.7 Å². The summed E-state index contributed by atoms with van der Waals surface area (Å²) >= 11 is 1.32. The third-order valence-electron chi connectivity index (χ3n) is 5.20. The van der Waals surface area contributed by atoms with Crippen LogP contribution >= 0.6 is 11.8 Å². The Morgan fingerprint density at radius 1 is 0.972 bits per heavy atom. The minimum Gasteiger partial charge on any atom is -0.465 e. The predicted octanol–water partition coefficient (Wildman–Crippen LogP) is 5.23. The van der Waals surface area contributed by atoms with Gasteiger partial charge >= 0.3 is 5.97 Å². The summed E-state index contributed by atoms with van der Waals surface area (Å²) in [7, 11) is 0. The number of carbonyl (C=O) groups is 3. The van der Waals surface area contributed by atoms with E-state index in [1.165, 1.54) is 11.8 Å². The van der Waals surface area contributed by atoms with Crippen molar-refractivity contribution in [3.05, 3.63) is 102 Å². The van der Waals surface area contributed by atoms with E-state index in [9.17, 15) is 14.4 Å². The molecule has 8 heteroatoms. The normalized spacial score (nSPS) is 11.2. The molecule has 36 heavy (non-hydrogen) atoms. The van der Waals surface area contributed by atoms with Gasteiger partial charge in [0.05, 0.1) is 12.4 Å². The highest BCUT2D eigenvalue weighted by atomic mass is 32.2. The van der Waals surface area contributed by atoms with Crippen LogP contribution < -0.4 is 10.6 Å². The summed E-state index contributed by atoms with van der Waals surface area (Å²) in [6, 6.07) is 23.6. The lowest BCUT2D eigenvalue weighted by molar-refractivity contribution is -0.139. The van der Waals surface area contributed by atoms with Gasteiger partial charge in [-0.05, 0) is 49.4 Å². The summed E-state index contributed by atoms with van der Waals surface area (Å²) in [4.78, 5) is 41.8. The molecule has 2 amide bonds. The Morgan fingerprint density at radius 3 is 2.56 bits per heavy atom. The summed E-state index contributed by atoms with van der Waals surface area (Å²) in [6.45, 7) is 2.09. The van der Waals surface area contributed by atoms with Gasteiger partial charge in [-0.25, -0.2) is 0 Å². The molecule has 0 aliphatic rings. The van der Waals surface area contributed by atoms with Crippen LogP contribution in [0.25, 0.3) is 17.0 Å². The number of benzene rings is 3. The molecule has 0 unspecified atom stereocenters. The van der Waals surface area contributed by atoms with Gasteiger partial charge in [0.25, 0.3) is 11.8 Å². The molecule has 4 aromatic rings. The molecular formula is C28H25N3O4S. The molecule has 0 fully saturated rings. The molecule has 7 nitrogen and oxygen atoms in total. The van der Waals surface area contributed by atoms with Crippen molar-refractivity contribution in [1.29, 1.82) is 0 Å². The zero-order valence-corrected chi connectivity index (χ0v) is 20.4. The second kappa shape index (κ2) is 11.9. The maximum atomic E-state index is 13.3. The quantitative estimate of drug-likeness (QED) is 0.166. The van der Waals surface area contributed by atoms with Crippen molar-refractivity contribution >= 4 is 52.2 Å². The van der Waals surface area contributed by atoms with Crippen LogP contribution in [-0.4, -0.2) is 35.1 Å². The lowest BCUT2D eigenvalue weighted by atomic mass is 10.1. The van der Waals surface area contributed by atoms with Crippen LogP contribution in [0.5, 0.6) is 0 Å². The molecule has 0 saturated carbocycles. The standard InChI is InChI=1S/C28H25N3O4S/c1-2-35-26(32)18-36-22-12-8-11-21(16-22)30-28(34)25(31-27(33)19-9-4-3-5-10-19)15-20-17-29-24-14-7-6-13-23(20)24/h3-17,29H,2,18H2,1H3,(H,30,34)(H,31,33)/b25-15+. The molecule has 0 spiro atoms. The SMILES string of the molecule is CCOC(=O)CSc1cccc(NC(=O)/C(=C\c2c[nH]c3ccccc23)NC(=O)c2ccccc2)c1. The number of aromatic amines is 1. The Morgan fingerprint density at radius 2 is 1.75 bits per heavy atom. The summed E-state index contributed by atoms with van der Waals surface area (Å²) in [5, 5.41) is 6.53. The van der Waals surface area contributed by atoms with Crippen LogP contribution in [-0.2, 0) is 14.3 Å². The number of hydrogen-bond donors (Lipinski definition) is 3. The molecule has 4 rings (SSSR count). The van der Waals surface area contributed by atoms with Gasteiger partial charge in [-0.3, -0.25) is 14.4 Å². The first-order valence-electron chi connectivity index (χ1n) is 11.4. The minimum absolute atomic E-state index is 0.0955. The van der Waals surface area contributed by atoms with Gasteiger partial charge in [0.15, 0.2) is 0 Å². The number of amides is 2. The first-order valence-corrected chi connectivity index (χ1v) is 12.4. The van der Waals surface area contributed by atoms with Gasteiger partial charge in [0, 0.05) is 38.8 Å². The predicted molar refractivity (Wildman–Crippen MR) is 143 cm³/mol. The summed E-state index contributed by atoms with van der Waals surface area (Å²) in [5.74, 6) is -0.999. The van der Waals surface area contributed by atoms with E-state index in [1.807, 2.05) is 36.4 Å². The van der Waals surface area contributed by atoms with Crippen molar-refractivity contribution in [2.24, 2.45) is 0 Å². The fourth-order valence-corrected chi connectivity index (χ4v) is 4.27. The number of H-pyrrole nitrogens is 1. The molecule has 0 atom stereocenters. The monoisotopic (exact) mass is 499 g/mol. The topological polar surface area (TPSA) is 100 Å². The maximum absolute atomic E-state index is 13.3. The highest BCUT2D eigenvalue weighted by Crippen LogP contribution is 2.23. The van der Waals surface area contributed by atoms with Crippen LogP contribution in [0.4, 0.5) is 5.69 Å². The molecule has 3 aromatic carbocycles. The van der Waals surface area contributed by atoms with Crippen molar-refractivity contribution in [3.8, 4) is 0 Å². The van der Waals surface area contributed by atoms with E-state index < -0.39 is 11.8 Å². The number of esters is 1. The van der Waals surface area contributed by atoms with E-state index in [1.54, 1.807) is 61.7 Å². The molecule has 1 heterocycles. The van der Waals surface area contributed by atoms with Gasteiger partial charge in [0.1, 0.15) is 5.70 Å². The van der Waals surface area contributed by atoms with E-state index in [-0.39, 0.29) is 17.4 Å². The highest BCUT2D eigenvalue weighted by Gasteiger charge is 2.16. The fraction of sp³-hybridized carbons (Fsp3) is 0.107. The Balaban J connectivity index is 1.57. The molecule has 0 aliphatic carbocycles. The number of aromatic nitrogens is 1. The van der Waals surface area contributed by atoms with E-state index in [4.69, 9.17) is 4.74 Å². The number of nitrogens with one attached hydrogen (secondary N) is 3. The molecule has 0 bridgehead atoms. The van der Waals surface area contributed by atoms with Crippen molar-refractivity contribution in [2.75, 3.05) is 17.7 Å². The fourth-order valence-electron chi connectivity index (χ4n) is 3.52. The number of fused-ring (bicyclic) bond motifs is 1. The third-order valence-corrected chi connectivity index (χ3v) is 6.17. The lowest BCUT2D eigenvalue weighted by Gasteiger charge is -2.12. The molecular weight excluding hydrogens is 474 g/mol. The van der Waals surface area contributed by atoms with Crippen LogP contribution in [0.1, 0.15) is 22.8 Å². The zero-order valence-electron chi connectivity index (χ0n) is 19.6. The highest BCUT2D eigenvalue weighted by molar-refractivity contribution is 8.00. The number of anilines is 1. The van der Waals surface area contributed by atoms with Crippen LogP contribution in [0.2, 0.25) is 0 Å². The second-order valence-corrected chi connectivity index (χ2v) is 8.79. The molecule has 0 saturated heterocycles. The number of hydrogen-bond acceptors (Lipinski definition) is 5. The largest absolute Gasteiger partial charge is 0.465 e. The Kier molecular flexibility index (Phi) is 8.20. The van der Waals surface area contributed by atoms with Crippen molar-refractivity contribution in [2.45, 2.75) is 11.8 Å². The number of rotatable bonds is 9. The van der Waals surface area contributed by atoms with E-state index in [2.05, 4.69) is 15.6 Å². The van der Waals surface area contributed by atoms with Gasteiger partial charge in [-0.15, -0.1) is 11.8 Å². The first kappa shape index (κ1) is 24.8. The Hall–Kier alpha value is -4.30. The number of para-hydroxylation sites is 1. The maximum Gasteiger partial charge on any atom is 0.316 e. The van der Waals surface area contributed by atoms with Gasteiger partial charge in [-0.1, -0.05) is 42.5 Å². The average molecular weight is 500 g/mol. The summed E-state index contributed by atoms with van der Waals surface area (Å²) in [6.07, 6.45) is 3.44. The number of ether oxygens (including phenoxy) is 1. The van der Waals surface area contributed by atoms with Crippen molar-refractivity contribution < 1.29 is 19.1 Å². The summed E-state index contributed by atoms with van der Waals surface area (Å²) < 4.78 is 4.96. The second-order valence-electron chi connectivity index (χ2n) is 7.74. The number of carbonyl (C=O) groups excluding carboxylic acids is 3. The molecule has 1 aromatic heterocycles. The van der Waals surface area contributed by atoms with E-state index in [0.717, 1.165) is 21.4 Å². The average Bonchev–Trinajstić information content (AvgIpc) is 3.31. The van der Waals surface area contributed by atoms with Gasteiger partial charge in [0.2, 0.25) is 0 Å².